The second-order valence-corrected chi connectivity index (χ2v) is 16.8. The minimum absolute atomic E-state index is 0.0759. The molecule has 1 amide bonds. The Morgan fingerprint density at radius 1 is 0.966 bits per heavy atom. The fourth-order valence-electron chi connectivity index (χ4n) is 9.69. The molecule has 10 atom stereocenters. The van der Waals surface area contributed by atoms with Crippen LogP contribution in [0.4, 0.5) is 0 Å². The Balaban J connectivity index is 1.47. The van der Waals surface area contributed by atoms with Crippen molar-refractivity contribution in [3.8, 4) is 0 Å². The van der Waals surface area contributed by atoms with Crippen LogP contribution in [0.1, 0.15) is 102 Å². The van der Waals surface area contributed by atoms with Crippen molar-refractivity contribution in [2.45, 2.75) is 128 Å². The molecule has 58 heavy (non-hydrogen) atoms. The number of ether oxygens (including phenoxy) is 4. The smallest absolute Gasteiger partial charge is 0.338 e. The number of ketones is 2. The molecule has 1 heterocycles. The van der Waals surface area contributed by atoms with Crippen LogP contribution in [0.15, 0.2) is 71.8 Å². The minimum atomic E-state index is -2.39. The van der Waals surface area contributed by atoms with Gasteiger partial charge in [0.15, 0.2) is 11.7 Å². The summed E-state index contributed by atoms with van der Waals surface area (Å²) in [5.41, 5.74) is -7.60. The maximum atomic E-state index is 14.9. The molecule has 4 N–H and O–H groups in total. The van der Waals surface area contributed by atoms with E-state index in [1.54, 1.807) is 48.5 Å². The minimum Gasteiger partial charge on any atom is -0.456 e. The van der Waals surface area contributed by atoms with Crippen LogP contribution in [0.2, 0.25) is 0 Å². The lowest BCUT2D eigenvalue weighted by Crippen LogP contribution is -2.81. The molecule has 0 spiro atoms. The molecule has 14 nitrogen and oxygen atoms in total. The SMILES string of the molecule is CCCCCC(=O)N[C@@H](c1ccccc1)[C@@H](O)C(=O)O[C@H]1C[C@@]2(O)[C@@H](OC(=O)c3ccccc3)[C@@H]3[C@]4(OC(C)=O)CO[C@@H]4C[C@@H](O)[C@@]3(C)C(=O)C(=O)C(=C1C)C2(C)C. The molecule has 1 saturated heterocycles. The number of unbranched alkanes of at least 4 members (excludes halogenated alkanes) is 2. The van der Waals surface area contributed by atoms with E-state index in [2.05, 4.69) is 5.32 Å². The van der Waals surface area contributed by atoms with E-state index in [9.17, 15) is 44.1 Å². The van der Waals surface area contributed by atoms with Gasteiger partial charge in [-0.3, -0.25) is 19.2 Å². The molecule has 14 heteroatoms. The summed E-state index contributed by atoms with van der Waals surface area (Å²) in [6, 6.07) is 15.0. The van der Waals surface area contributed by atoms with E-state index in [0.717, 1.165) is 19.8 Å². The average molecular weight is 804 g/mol. The predicted molar refractivity (Wildman–Crippen MR) is 206 cm³/mol. The average Bonchev–Trinajstić information content (AvgIpc) is 3.18. The molecule has 3 fully saturated rings. The van der Waals surface area contributed by atoms with E-state index in [-0.39, 0.29) is 36.2 Å². The Bertz CT molecular complexity index is 1980. The summed E-state index contributed by atoms with van der Waals surface area (Å²) in [6.07, 6.45) is -6.17. The number of fused-ring (bicyclic) bond motifs is 5. The van der Waals surface area contributed by atoms with Crippen molar-refractivity contribution in [1.29, 1.82) is 0 Å². The molecule has 2 aromatic carbocycles. The van der Waals surface area contributed by atoms with Crippen molar-refractivity contribution in [3.05, 3.63) is 82.9 Å². The molecular weight excluding hydrogens is 750 g/mol. The highest BCUT2D eigenvalue weighted by Gasteiger charge is 2.78. The molecule has 2 aromatic rings. The number of Topliss-reactive ketones (excluding diaryl/α,β-unsaturated/α-hetero) is 2. The molecule has 4 aliphatic rings. The number of nitrogens with one attached hydrogen (secondary N) is 1. The van der Waals surface area contributed by atoms with Gasteiger partial charge in [-0.2, -0.15) is 0 Å². The van der Waals surface area contributed by atoms with Crippen LogP contribution in [0, 0.1) is 16.7 Å². The van der Waals surface area contributed by atoms with Crippen molar-refractivity contribution in [2.24, 2.45) is 16.7 Å². The number of hydrogen-bond acceptors (Lipinski definition) is 13. The van der Waals surface area contributed by atoms with E-state index in [1.165, 1.54) is 39.8 Å². The fraction of sp³-hybridized carbons (Fsp3) is 0.545. The summed E-state index contributed by atoms with van der Waals surface area (Å²) >= 11 is 0. The normalized spacial score (nSPS) is 32.2. The van der Waals surface area contributed by atoms with Crippen LogP contribution in [-0.2, 0) is 42.9 Å². The van der Waals surface area contributed by atoms with Crippen LogP contribution < -0.4 is 5.32 Å². The molecule has 312 valence electrons. The number of esters is 3. The van der Waals surface area contributed by atoms with E-state index in [4.69, 9.17) is 18.9 Å². The number of benzene rings is 2. The first kappa shape index (κ1) is 42.8. The first-order valence-corrected chi connectivity index (χ1v) is 19.9. The van der Waals surface area contributed by atoms with Gasteiger partial charge < -0.3 is 39.6 Å². The Morgan fingerprint density at radius 3 is 2.19 bits per heavy atom. The number of hydrogen-bond donors (Lipinski definition) is 4. The van der Waals surface area contributed by atoms with Crippen LogP contribution in [0.5, 0.6) is 0 Å². The Kier molecular flexibility index (Phi) is 11.9. The number of rotatable bonds is 12. The van der Waals surface area contributed by atoms with Crippen LogP contribution in [0.25, 0.3) is 0 Å². The molecule has 0 unspecified atom stereocenters. The first-order chi connectivity index (χ1) is 27.3. The van der Waals surface area contributed by atoms with Gasteiger partial charge in [-0.15, -0.1) is 0 Å². The molecule has 0 radical (unpaired) electrons. The predicted octanol–water partition coefficient (Wildman–Crippen LogP) is 3.64. The summed E-state index contributed by atoms with van der Waals surface area (Å²) in [5, 5.41) is 39.5. The summed E-state index contributed by atoms with van der Waals surface area (Å²) < 4.78 is 24.1. The standard InChI is InChI=1S/C44H53NO13/c1-7-8-11-20-31(48)45-33(26-16-12-9-13-17-26)35(50)40(53)56-28-22-44(54)38(57-39(52)27-18-14-10-15-19-27)36-42(6,37(51)34(49)32(24(28)2)41(44,4)5)29(47)21-30-43(36,23-55-30)58-25(3)46/h9-10,12-19,28-30,33,35-36,38,47,50,54H,7-8,11,20-23H2,1-6H3,(H,45,48)/t28-,29+,30+,33-,35+,36-,38-,42+,43-,44+/m0/s1. The van der Waals surface area contributed by atoms with Crippen molar-refractivity contribution >= 4 is 35.4 Å². The summed E-state index contributed by atoms with van der Waals surface area (Å²) in [4.78, 5) is 83.6. The van der Waals surface area contributed by atoms with Crippen molar-refractivity contribution < 1.29 is 63.0 Å². The maximum absolute atomic E-state index is 14.9. The van der Waals surface area contributed by atoms with Crippen LogP contribution in [-0.4, -0.2) is 99.0 Å². The Labute approximate surface area is 337 Å². The van der Waals surface area contributed by atoms with Crippen molar-refractivity contribution in [1.82, 2.24) is 5.32 Å². The van der Waals surface area contributed by atoms with Gasteiger partial charge in [0.1, 0.15) is 23.9 Å². The zero-order valence-corrected chi connectivity index (χ0v) is 33.7. The summed E-state index contributed by atoms with van der Waals surface area (Å²) in [6.45, 7) is 8.65. The number of aliphatic hydroxyl groups is 3. The molecule has 6 rings (SSSR count). The van der Waals surface area contributed by atoms with Gasteiger partial charge in [-0.05, 0) is 43.5 Å². The van der Waals surface area contributed by atoms with E-state index < -0.39 is 106 Å². The molecular formula is C44H53NO13. The molecule has 2 bridgehead atoms. The highest BCUT2D eigenvalue weighted by Crippen LogP contribution is 2.63. The summed E-state index contributed by atoms with van der Waals surface area (Å²) in [5.74, 6) is -7.04. The quantitative estimate of drug-likeness (QED) is 0.105. The largest absolute Gasteiger partial charge is 0.456 e. The van der Waals surface area contributed by atoms with E-state index in [1.807, 2.05) is 6.92 Å². The van der Waals surface area contributed by atoms with E-state index >= 15 is 0 Å². The van der Waals surface area contributed by atoms with E-state index in [0.29, 0.717) is 12.0 Å². The maximum Gasteiger partial charge on any atom is 0.338 e. The van der Waals surface area contributed by atoms with Crippen LogP contribution >= 0.6 is 0 Å². The second kappa shape index (κ2) is 16.1. The molecule has 0 aromatic heterocycles. The zero-order chi connectivity index (χ0) is 42.4. The third-order valence-electron chi connectivity index (χ3n) is 13.0. The Hall–Kier alpha value is -4.76. The van der Waals surface area contributed by atoms with Gasteiger partial charge in [0.25, 0.3) is 0 Å². The van der Waals surface area contributed by atoms with Gasteiger partial charge in [0.2, 0.25) is 17.5 Å². The van der Waals surface area contributed by atoms with Gasteiger partial charge in [-0.1, -0.05) is 82.1 Å². The first-order valence-electron chi connectivity index (χ1n) is 19.9. The second-order valence-electron chi connectivity index (χ2n) is 16.8. The topological polar surface area (TPSA) is 212 Å². The van der Waals surface area contributed by atoms with Gasteiger partial charge in [0.05, 0.1) is 35.6 Å². The van der Waals surface area contributed by atoms with Crippen molar-refractivity contribution in [3.63, 3.8) is 0 Å². The highest BCUT2D eigenvalue weighted by atomic mass is 16.6. The van der Waals surface area contributed by atoms with Crippen molar-refractivity contribution in [2.75, 3.05) is 6.61 Å². The highest BCUT2D eigenvalue weighted by molar-refractivity contribution is 6.46. The molecule has 1 aliphatic heterocycles. The molecule has 3 aliphatic carbocycles. The molecule has 2 saturated carbocycles. The fourth-order valence-corrected chi connectivity index (χ4v) is 9.69. The number of carbonyl (C=O) groups excluding carboxylic acids is 6. The zero-order valence-electron chi connectivity index (χ0n) is 33.7. The third kappa shape index (κ3) is 7.07. The number of amides is 1. The lowest BCUT2D eigenvalue weighted by atomic mass is 9.45. The summed E-state index contributed by atoms with van der Waals surface area (Å²) in [7, 11) is 0. The van der Waals surface area contributed by atoms with Gasteiger partial charge in [0, 0.05) is 37.2 Å². The number of aliphatic hydroxyl groups excluding tert-OH is 2. The lowest BCUT2D eigenvalue weighted by molar-refractivity contribution is -0.343. The third-order valence-corrected chi connectivity index (χ3v) is 13.0. The van der Waals surface area contributed by atoms with Gasteiger partial charge >= 0.3 is 17.9 Å². The Morgan fingerprint density at radius 2 is 1.60 bits per heavy atom. The lowest BCUT2D eigenvalue weighted by Gasteiger charge is -2.66. The number of carbonyl (C=O) groups is 6. The van der Waals surface area contributed by atoms with Crippen LogP contribution in [0.3, 0.4) is 0 Å². The monoisotopic (exact) mass is 803 g/mol. The van der Waals surface area contributed by atoms with Gasteiger partial charge in [-0.25, -0.2) is 9.59 Å².